The molecule has 3 heteroatoms. The van der Waals surface area contributed by atoms with Crippen LogP contribution in [0.1, 0.15) is 5.56 Å². The lowest BCUT2D eigenvalue weighted by molar-refractivity contribution is 1.13. The molecule has 0 unspecified atom stereocenters. The Bertz CT molecular complexity index is 730. The van der Waals surface area contributed by atoms with E-state index in [9.17, 15) is 0 Å². The number of anilines is 1. The van der Waals surface area contributed by atoms with Crippen LogP contribution in [0.15, 0.2) is 65.7 Å². The highest BCUT2D eigenvalue weighted by atomic mass is 32.2. The molecule has 0 bridgehead atoms. The summed E-state index contributed by atoms with van der Waals surface area (Å²) in [5.74, 6) is 0.974. The molecule has 3 aromatic rings. The first-order valence-electron chi connectivity index (χ1n) is 6.97. The lowest BCUT2D eigenvalue weighted by atomic mass is 10.2. The molecule has 0 radical (unpaired) electrons. The van der Waals surface area contributed by atoms with Crippen molar-refractivity contribution in [3.8, 4) is 0 Å². The van der Waals surface area contributed by atoms with Gasteiger partial charge in [-0.15, -0.1) is 11.8 Å². The Kier molecular flexibility index (Phi) is 4.11. The van der Waals surface area contributed by atoms with Gasteiger partial charge < -0.3 is 4.90 Å². The number of thioether (sulfide) groups is 1. The molecule has 106 valence electrons. The fourth-order valence-corrected chi connectivity index (χ4v) is 3.25. The van der Waals surface area contributed by atoms with Crippen LogP contribution in [-0.2, 0) is 5.75 Å². The summed E-state index contributed by atoms with van der Waals surface area (Å²) in [4.78, 5) is 7.82. The average Bonchev–Trinajstić information content (AvgIpc) is 2.53. The summed E-state index contributed by atoms with van der Waals surface area (Å²) in [5, 5.41) is 1.23. The minimum Gasteiger partial charge on any atom is -0.378 e. The fourth-order valence-electron chi connectivity index (χ4n) is 2.25. The third kappa shape index (κ3) is 3.19. The van der Waals surface area contributed by atoms with Crippen molar-refractivity contribution < 1.29 is 0 Å². The van der Waals surface area contributed by atoms with Crippen LogP contribution in [0.25, 0.3) is 10.9 Å². The Morgan fingerprint density at radius 2 is 1.71 bits per heavy atom. The molecule has 21 heavy (non-hydrogen) atoms. The van der Waals surface area contributed by atoms with Crippen molar-refractivity contribution in [3.63, 3.8) is 0 Å². The number of nitrogens with zero attached hydrogens (tertiary/aromatic N) is 2. The Hall–Kier alpha value is -2.00. The van der Waals surface area contributed by atoms with Crippen LogP contribution < -0.4 is 4.90 Å². The highest BCUT2D eigenvalue weighted by molar-refractivity contribution is 7.98. The van der Waals surface area contributed by atoms with E-state index in [1.54, 1.807) is 0 Å². The molecule has 2 aromatic carbocycles. The quantitative estimate of drug-likeness (QED) is 0.655. The Morgan fingerprint density at radius 3 is 2.48 bits per heavy atom. The van der Waals surface area contributed by atoms with Gasteiger partial charge in [0, 0.05) is 42.0 Å². The third-order valence-electron chi connectivity index (χ3n) is 3.46. The lowest BCUT2D eigenvalue weighted by Gasteiger charge is -2.12. The second-order valence-corrected chi connectivity index (χ2v) is 6.19. The summed E-state index contributed by atoms with van der Waals surface area (Å²) >= 11 is 1.86. The van der Waals surface area contributed by atoms with Gasteiger partial charge in [0.1, 0.15) is 0 Å². The molecule has 2 nitrogen and oxygen atoms in total. The van der Waals surface area contributed by atoms with Crippen LogP contribution in [0.4, 0.5) is 5.69 Å². The summed E-state index contributed by atoms with van der Waals surface area (Å²) in [7, 11) is 4.12. The molecular weight excluding hydrogens is 276 g/mol. The summed E-state index contributed by atoms with van der Waals surface area (Å²) in [6.07, 6.45) is 1.89. The maximum atomic E-state index is 4.41. The normalized spacial score (nSPS) is 10.8. The number of rotatable bonds is 4. The number of hydrogen-bond donors (Lipinski definition) is 0. The molecule has 0 saturated carbocycles. The SMILES string of the molecule is CN(C)c1ccc(CSc2ccnc3ccccc23)cc1. The van der Waals surface area contributed by atoms with E-state index in [-0.39, 0.29) is 0 Å². The van der Waals surface area contributed by atoms with Crippen molar-refractivity contribution in [1.82, 2.24) is 4.98 Å². The highest BCUT2D eigenvalue weighted by Crippen LogP contribution is 2.29. The van der Waals surface area contributed by atoms with Crippen LogP contribution in [0.3, 0.4) is 0 Å². The molecule has 0 N–H and O–H groups in total. The first-order chi connectivity index (χ1) is 10.2. The summed E-state index contributed by atoms with van der Waals surface area (Å²) in [6, 6.07) is 19.1. The zero-order valence-corrected chi connectivity index (χ0v) is 13.1. The van der Waals surface area contributed by atoms with E-state index in [2.05, 4.69) is 72.5 Å². The Balaban J connectivity index is 1.77. The highest BCUT2D eigenvalue weighted by Gasteiger charge is 2.03. The van der Waals surface area contributed by atoms with Crippen LogP contribution in [0.5, 0.6) is 0 Å². The molecule has 0 amide bonds. The number of pyridine rings is 1. The minimum atomic E-state index is 0.974. The van der Waals surface area contributed by atoms with Gasteiger partial charge in [0.05, 0.1) is 5.52 Å². The molecule has 0 aliphatic rings. The van der Waals surface area contributed by atoms with E-state index in [0.717, 1.165) is 11.3 Å². The zero-order valence-electron chi connectivity index (χ0n) is 12.3. The van der Waals surface area contributed by atoms with Crippen molar-refractivity contribution in [2.24, 2.45) is 0 Å². The van der Waals surface area contributed by atoms with Crippen LogP contribution in [-0.4, -0.2) is 19.1 Å². The van der Waals surface area contributed by atoms with Crippen LogP contribution >= 0.6 is 11.8 Å². The van der Waals surface area contributed by atoms with E-state index in [4.69, 9.17) is 0 Å². The average molecular weight is 294 g/mol. The van der Waals surface area contributed by atoms with Crippen molar-refractivity contribution in [2.75, 3.05) is 19.0 Å². The molecule has 0 fully saturated rings. The first-order valence-corrected chi connectivity index (χ1v) is 7.95. The smallest absolute Gasteiger partial charge is 0.0713 e. The Labute approximate surface area is 129 Å². The van der Waals surface area contributed by atoms with Crippen LogP contribution in [0, 0.1) is 0 Å². The molecular formula is C18H18N2S. The molecule has 0 spiro atoms. The van der Waals surface area contributed by atoms with Gasteiger partial charge in [-0.1, -0.05) is 30.3 Å². The van der Waals surface area contributed by atoms with E-state index in [1.807, 2.05) is 24.0 Å². The standard InChI is InChI=1S/C18H18N2S/c1-20(2)15-9-7-14(8-10-15)13-21-18-11-12-19-17-6-4-3-5-16(17)18/h3-12H,13H2,1-2H3. The van der Waals surface area contributed by atoms with Crippen molar-refractivity contribution in [2.45, 2.75) is 10.6 Å². The summed E-state index contributed by atoms with van der Waals surface area (Å²) in [6.45, 7) is 0. The molecule has 0 atom stereocenters. The predicted octanol–water partition coefficient (Wildman–Crippen LogP) is 4.59. The number of hydrogen-bond acceptors (Lipinski definition) is 3. The van der Waals surface area contributed by atoms with Gasteiger partial charge >= 0.3 is 0 Å². The van der Waals surface area contributed by atoms with Gasteiger partial charge in [-0.25, -0.2) is 0 Å². The zero-order chi connectivity index (χ0) is 14.7. The Morgan fingerprint density at radius 1 is 0.952 bits per heavy atom. The lowest BCUT2D eigenvalue weighted by Crippen LogP contribution is -2.08. The number of fused-ring (bicyclic) bond motifs is 1. The van der Waals surface area contributed by atoms with Crippen molar-refractivity contribution in [1.29, 1.82) is 0 Å². The maximum absolute atomic E-state index is 4.41. The summed E-state index contributed by atoms with van der Waals surface area (Å²) in [5.41, 5.74) is 3.63. The minimum absolute atomic E-state index is 0.974. The van der Waals surface area contributed by atoms with Gasteiger partial charge in [0.2, 0.25) is 0 Å². The van der Waals surface area contributed by atoms with Gasteiger partial charge in [0.15, 0.2) is 0 Å². The fraction of sp³-hybridized carbons (Fsp3) is 0.167. The van der Waals surface area contributed by atoms with Crippen molar-refractivity contribution >= 4 is 28.4 Å². The molecule has 1 aromatic heterocycles. The van der Waals surface area contributed by atoms with Crippen LogP contribution in [0.2, 0.25) is 0 Å². The summed E-state index contributed by atoms with van der Waals surface area (Å²) < 4.78 is 0. The molecule has 1 heterocycles. The largest absolute Gasteiger partial charge is 0.378 e. The second kappa shape index (κ2) is 6.19. The van der Waals surface area contributed by atoms with Gasteiger partial charge in [-0.05, 0) is 29.8 Å². The first kappa shape index (κ1) is 14.0. The van der Waals surface area contributed by atoms with Crippen molar-refractivity contribution in [3.05, 3.63) is 66.4 Å². The van der Waals surface area contributed by atoms with E-state index in [1.165, 1.54) is 21.5 Å². The second-order valence-electron chi connectivity index (χ2n) is 5.18. The molecule has 3 rings (SSSR count). The monoisotopic (exact) mass is 294 g/mol. The van der Waals surface area contributed by atoms with Gasteiger partial charge in [-0.3, -0.25) is 4.98 Å². The predicted molar refractivity (Wildman–Crippen MR) is 92.1 cm³/mol. The van der Waals surface area contributed by atoms with Gasteiger partial charge in [-0.2, -0.15) is 0 Å². The number of benzene rings is 2. The number of para-hydroxylation sites is 1. The third-order valence-corrected chi connectivity index (χ3v) is 4.60. The molecule has 0 saturated heterocycles. The maximum Gasteiger partial charge on any atom is 0.0713 e. The van der Waals surface area contributed by atoms with Gasteiger partial charge in [0.25, 0.3) is 0 Å². The van der Waals surface area contributed by atoms with E-state index >= 15 is 0 Å². The molecule has 0 aliphatic heterocycles. The number of aromatic nitrogens is 1. The van der Waals surface area contributed by atoms with E-state index in [0.29, 0.717) is 0 Å². The topological polar surface area (TPSA) is 16.1 Å². The van der Waals surface area contributed by atoms with E-state index < -0.39 is 0 Å². The molecule has 0 aliphatic carbocycles.